The fourth-order valence-corrected chi connectivity index (χ4v) is 3.22. The maximum absolute atomic E-state index is 6.43. The van der Waals surface area contributed by atoms with Crippen molar-refractivity contribution in [3.8, 4) is 0 Å². The zero-order valence-corrected chi connectivity index (χ0v) is 13.1. The van der Waals surface area contributed by atoms with E-state index in [1.807, 2.05) is 12.1 Å². The number of hydrogen-bond donors (Lipinski definition) is 1. The minimum absolute atomic E-state index is 0.360. The summed E-state index contributed by atoms with van der Waals surface area (Å²) in [5.41, 5.74) is 1.17. The van der Waals surface area contributed by atoms with Crippen LogP contribution in [-0.2, 0) is 0 Å². The van der Waals surface area contributed by atoms with Crippen LogP contribution in [0.25, 0.3) is 0 Å². The van der Waals surface area contributed by atoms with Crippen molar-refractivity contribution in [1.82, 2.24) is 10.2 Å². The zero-order chi connectivity index (χ0) is 13.8. The number of hydrogen-bond acceptors (Lipinski definition) is 2. The lowest BCUT2D eigenvalue weighted by atomic mass is 9.90. The summed E-state index contributed by atoms with van der Waals surface area (Å²) in [5.74, 6) is 0.564. The molecule has 4 heteroatoms. The average Bonchev–Trinajstić information content (AvgIpc) is 2.44. The van der Waals surface area contributed by atoms with Gasteiger partial charge < -0.3 is 5.32 Å². The summed E-state index contributed by atoms with van der Waals surface area (Å²) in [6.07, 6.45) is 1.14. The van der Waals surface area contributed by atoms with Gasteiger partial charge in [0, 0.05) is 32.2 Å². The van der Waals surface area contributed by atoms with Crippen LogP contribution >= 0.6 is 23.2 Å². The smallest absolute Gasteiger partial charge is 0.0640 e. The van der Waals surface area contributed by atoms with Gasteiger partial charge in [-0.2, -0.15) is 0 Å². The second-order valence-corrected chi connectivity index (χ2v) is 6.04. The predicted molar refractivity (Wildman–Crippen MR) is 83.1 cm³/mol. The SMILES string of the molecule is CCC(C)[C@@H](c1cccc(Cl)c1Cl)N1CCNCC1. The van der Waals surface area contributed by atoms with Gasteiger partial charge in [-0.1, -0.05) is 55.6 Å². The molecule has 1 saturated heterocycles. The molecular weight excluding hydrogens is 279 g/mol. The van der Waals surface area contributed by atoms with Crippen molar-refractivity contribution in [3.63, 3.8) is 0 Å². The molecular formula is C15H22Cl2N2. The number of piperazine rings is 1. The van der Waals surface area contributed by atoms with E-state index in [2.05, 4.69) is 30.1 Å². The highest BCUT2D eigenvalue weighted by Gasteiger charge is 2.28. The molecule has 0 bridgehead atoms. The van der Waals surface area contributed by atoms with Crippen molar-refractivity contribution in [2.45, 2.75) is 26.3 Å². The largest absolute Gasteiger partial charge is 0.314 e. The van der Waals surface area contributed by atoms with Crippen LogP contribution in [0.15, 0.2) is 18.2 Å². The van der Waals surface area contributed by atoms with Crippen molar-refractivity contribution < 1.29 is 0 Å². The van der Waals surface area contributed by atoms with Crippen molar-refractivity contribution in [3.05, 3.63) is 33.8 Å². The van der Waals surface area contributed by atoms with Crippen molar-refractivity contribution in [1.29, 1.82) is 0 Å². The van der Waals surface area contributed by atoms with Crippen LogP contribution in [0.3, 0.4) is 0 Å². The molecule has 0 radical (unpaired) electrons. The third-order valence-electron chi connectivity index (χ3n) is 4.03. The Morgan fingerprint density at radius 3 is 2.58 bits per heavy atom. The minimum Gasteiger partial charge on any atom is -0.314 e. The molecule has 1 N–H and O–H groups in total. The summed E-state index contributed by atoms with van der Waals surface area (Å²) in [4.78, 5) is 2.53. The predicted octanol–water partition coefficient (Wildman–Crippen LogP) is 3.99. The summed E-state index contributed by atoms with van der Waals surface area (Å²) in [5, 5.41) is 4.77. The number of benzene rings is 1. The van der Waals surface area contributed by atoms with E-state index < -0.39 is 0 Å². The highest BCUT2D eigenvalue weighted by atomic mass is 35.5. The summed E-state index contributed by atoms with van der Waals surface area (Å²) < 4.78 is 0. The third-order valence-corrected chi connectivity index (χ3v) is 4.86. The van der Waals surface area contributed by atoms with E-state index >= 15 is 0 Å². The molecule has 1 fully saturated rings. The Bertz CT molecular complexity index is 417. The van der Waals surface area contributed by atoms with E-state index in [-0.39, 0.29) is 0 Å². The maximum Gasteiger partial charge on any atom is 0.0640 e. The van der Waals surface area contributed by atoms with E-state index in [1.165, 1.54) is 5.56 Å². The number of halogens is 2. The zero-order valence-electron chi connectivity index (χ0n) is 11.6. The van der Waals surface area contributed by atoms with Gasteiger partial charge in [0.15, 0.2) is 0 Å². The van der Waals surface area contributed by atoms with Gasteiger partial charge in [-0.15, -0.1) is 0 Å². The minimum atomic E-state index is 0.360. The van der Waals surface area contributed by atoms with Gasteiger partial charge in [0.25, 0.3) is 0 Å². The molecule has 1 aromatic carbocycles. The van der Waals surface area contributed by atoms with Crippen LogP contribution in [0, 0.1) is 5.92 Å². The summed E-state index contributed by atoms with van der Waals surface area (Å²) >= 11 is 12.6. The Kier molecular flexibility index (Phi) is 5.52. The molecule has 2 rings (SSSR count). The molecule has 1 aromatic rings. The van der Waals surface area contributed by atoms with Gasteiger partial charge in [-0.05, 0) is 17.5 Å². The van der Waals surface area contributed by atoms with Crippen LogP contribution in [0.2, 0.25) is 10.0 Å². The third kappa shape index (κ3) is 3.43. The number of nitrogens with zero attached hydrogens (tertiary/aromatic N) is 1. The standard InChI is InChI=1S/C15H22Cl2N2/c1-3-11(2)15(19-9-7-18-8-10-19)12-5-4-6-13(16)14(12)17/h4-6,11,15,18H,3,7-10H2,1-2H3/t11?,15-/m0/s1. The average molecular weight is 301 g/mol. The molecule has 1 unspecified atom stereocenters. The molecule has 2 nitrogen and oxygen atoms in total. The molecule has 19 heavy (non-hydrogen) atoms. The van der Waals surface area contributed by atoms with Crippen molar-refractivity contribution in [2.75, 3.05) is 26.2 Å². The van der Waals surface area contributed by atoms with E-state index in [9.17, 15) is 0 Å². The molecule has 0 amide bonds. The van der Waals surface area contributed by atoms with E-state index in [0.717, 1.165) is 32.6 Å². The molecule has 0 aliphatic carbocycles. The summed E-state index contributed by atoms with van der Waals surface area (Å²) in [6.45, 7) is 8.76. The Labute approximate surface area is 126 Å². The highest BCUT2D eigenvalue weighted by Crippen LogP contribution is 2.37. The van der Waals surface area contributed by atoms with Crippen LogP contribution in [0.5, 0.6) is 0 Å². The Morgan fingerprint density at radius 1 is 1.26 bits per heavy atom. The molecule has 1 aliphatic heterocycles. The lowest BCUT2D eigenvalue weighted by Gasteiger charge is -2.39. The molecule has 106 valence electrons. The molecule has 0 spiro atoms. The summed E-state index contributed by atoms with van der Waals surface area (Å²) in [6, 6.07) is 6.34. The Balaban J connectivity index is 2.33. The van der Waals surface area contributed by atoms with Gasteiger partial charge in [-0.3, -0.25) is 4.90 Å². The second-order valence-electron chi connectivity index (χ2n) is 5.26. The lowest BCUT2D eigenvalue weighted by Crippen LogP contribution is -2.46. The maximum atomic E-state index is 6.43. The topological polar surface area (TPSA) is 15.3 Å². The van der Waals surface area contributed by atoms with Gasteiger partial charge in [0.2, 0.25) is 0 Å². The van der Waals surface area contributed by atoms with Crippen LogP contribution in [0.1, 0.15) is 31.9 Å². The van der Waals surface area contributed by atoms with E-state index in [0.29, 0.717) is 22.0 Å². The molecule has 1 heterocycles. The normalized spacial score (nSPS) is 20.2. The van der Waals surface area contributed by atoms with Crippen molar-refractivity contribution >= 4 is 23.2 Å². The first kappa shape index (κ1) is 15.1. The van der Waals surface area contributed by atoms with Gasteiger partial charge in [-0.25, -0.2) is 0 Å². The highest BCUT2D eigenvalue weighted by molar-refractivity contribution is 6.42. The number of nitrogens with one attached hydrogen (secondary N) is 1. The molecule has 1 aliphatic rings. The quantitative estimate of drug-likeness (QED) is 0.904. The van der Waals surface area contributed by atoms with Crippen LogP contribution in [0.4, 0.5) is 0 Å². The fraction of sp³-hybridized carbons (Fsp3) is 0.600. The Morgan fingerprint density at radius 2 is 1.95 bits per heavy atom. The van der Waals surface area contributed by atoms with Crippen molar-refractivity contribution in [2.24, 2.45) is 5.92 Å². The fourth-order valence-electron chi connectivity index (χ4n) is 2.80. The van der Waals surface area contributed by atoms with Gasteiger partial charge in [0.1, 0.15) is 0 Å². The first-order valence-electron chi connectivity index (χ1n) is 7.03. The van der Waals surface area contributed by atoms with Gasteiger partial charge in [0.05, 0.1) is 10.0 Å². The first-order chi connectivity index (χ1) is 9.15. The van der Waals surface area contributed by atoms with Gasteiger partial charge >= 0.3 is 0 Å². The molecule has 0 saturated carbocycles. The molecule has 0 aromatic heterocycles. The van der Waals surface area contributed by atoms with E-state index in [4.69, 9.17) is 23.2 Å². The lowest BCUT2D eigenvalue weighted by molar-refractivity contribution is 0.128. The first-order valence-corrected chi connectivity index (χ1v) is 7.79. The van der Waals surface area contributed by atoms with Crippen LogP contribution in [-0.4, -0.2) is 31.1 Å². The molecule has 2 atom stereocenters. The monoisotopic (exact) mass is 300 g/mol. The number of rotatable bonds is 4. The van der Waals surface area contributed by atoms with E-state index in [1.54, 1.807) is 0 Å². The summed E-state index contributed by atoms with van der Waals surface area (Å²) in [7, 11) is 0. The Hall–Kier alpha value is -0.280. The second kappa shape index (κ2) is 6.94. The van der Waals surface area contributed by atoms with Crippen LogP contribution < -0.4 is 5.32 Å².